The maximum absolute atomic E-state index is 12.1. The van der Waals surface area contributed by atoms with Crippen molar-refractivity contribution >= 4 is 39.6 Å². The lowest BCUT2D eigenvalue weighted by Gasteiger charge is -2.06. The van der Waals surface area contributed by atoms with Gasteiger partial charge < -0.3 is 15.2 Å². The second-order valence-electron chi connectivity index (χ2n) is 5.01. The van der Waals surface area contributed by atoms with Crippen LogP contribution in [0.3, 0.4) is 0 Å². The summed E-state index contributed by atoms with van der Waals surface area (Å²) in [6.45, 7) is 1.39. The van der Waals surface area contributed by atoms with Crippen LogP contribution in [0.2, 0.25) is 0 Å². The maximum Gasteiger partial charge on any atom is 0.271 e. The Morgan fingerprint density at radius 3 is 2.72 bits per heavy atom. The predicted octanol–water partition coefficient (Wildman–Crippen LogP) is 2.89. The van der Waals surface area contributed by atoms with Gasteiger partial charge in [0.2, 0.25) is 5.91 Å². The lowest BCUT2D eigenvalue weighted by molar-refractivity contribution is -0.114. The van der Waals surface area contributed by atoms with Crippen molar-refractivity contribution in [3.63, 3.8) is 0 Å². The van der Waals surface area contributed by atoms with Crippen LogP contribution in [0.5, 0.6) is 11.5 Å². The van der Waals surface area contributed by atoms with Crippen LogP contribution in [0.1, 0.15) is 22.8 Å². The van der Waals surface area contributed by atoms with Gasteiger partial charge in [-0.3, -0.25) is 9.59 Å². The molecule has 3 N–H and O–H groups in total. The van der Waals surface area contributed by atoms with E-state index in [-0.39, 0.29) is 17.4 Å². The molecule has 130 valence electrons. The first-order valence-corrected chi connectivity index (χ1v) is 7.97. The van der Waals surface area contributed by atoms with Gasteiger partial charge in [-0.15, -0.1) is 0 Å². The highest BCUT2D eigenvalue weighted by Gasteiger charge is 2.08. The summed E-state index contributed by atoms with van der Waals surface area (Å²) >= 11 is 3.21. The Morgan fingerprint density at radius 2 is 2.04 bits per heavy atom. The number of halogens is 1. The molecule has 2 rings (SSSR count). The molecule has 7 nitrogen and oxygen atoms in total. The normalized spacial score (nSPS) is 10.5. The summed E-state index contributed by atoms with van der Waals surface area (Å²) < 4.78 is 5.49. The monoisotopic (exact) mass is 405 g/mol. The van der Waals surface area contributed by atoms with Gasteiger partial charge in [0, 0.05) is 18.2 Å². The number of methoxy groups -OCH3 is 1. The molecule has 0 aliphatic carbocycles. The number of carbonyl (C=O) groups excluding carboxylic acids is 2. The van der Waals surface area contributed by atoms with Crippen molar-refractivity contribution in [1.29, 1.82) is 0 Å². The van der Waals surface area contributed by atoms with Gasteiger partial charge in [-0.1, -0.05) is 6.07 Å². The van der Waals surface area contributed by atoms with Crippen LogP contribution in [0, 0.1) is 0 Å². The number of benzene rings is 2. The summed E-state index contributed by atoms with van der Waals surface area (Å²) in [7, 11) is 1.44. The SMILES string of the molecule is COc1cc(/C=N\NC(=O)c2cccc(NC(C)=O)c2)cc(Br)c1O. The van der Waals surface area contributed by atoms with Crippen molar-refractivity contribution in [3.8, 4) is 11.5 Å². The van der Waals surface area contributed by atoms with Crippen LogP contribution in [0.15, 0.2) is 46.0 Å². The lowest BCUT2D eigenvalue weighted by atomic mass is 10.2. The fourth-order valence-corrected chi connectivity index (χ4v) is 2.46. The highest BCUT2D eigenvalue weighted by molar-refractivity contribution is 9.10. The number of anilines is 1. The number of phenolic OH excluding ortho intramolecular Hbond substituents is 1. The number of carbonyl (C=O) groups is 2. The second kappa shape index (κ2) is 8.29. The molecule has 2 amide bonds. The zero-order chi connectivity index (χ0) is 18.4. The minimum Gasteiger partial charge on any atom is -0.503 e. The highest BCUT2D eigenvalue weighted by atomic mass is 79.9. The van der Waals surface area contributed by atoms with Crippen LogP contribution in [0.25, 0.3) is 0 Å². The van der Waals surface area contributed by atoms with Gasteiger partial charge in [-0.2, -0.15) is 5.10 Å². The minimum absolute atomic E-state index is 0.0153. The van der Waals surface area contributed by atoms with Crippen molar-refractivity contribution in [3.05, 3.63) is 52.0 Å². The molecule has 0 bridgehead atoms. The molecule has 0 unspecified atom stereocenters. The summed E-state index contributed by atoms with van der Waals surface area (Å²) in [5, 5.41) is 16.2. The number of aromatic hydroxyl groups is 1. The Hall–Kier alpha value is -2.87. The second-order valence-corrected chi connectivity index (χ2v) is 5.87. The molecule has 0 aromatic heterocycles. The van der Waals surface area contributed by atoms with Gasteiger partial charge in [-0.05, 0) is 51.8 Å². The molecule has 0 atom stereocenters. The van der Waals surface area contributed by atoms with Crippen molar-refractivity contribution in [2.24, 2.45) is 5.10 Å². The van der Waals surface area contributed by atoms with Crippen LogP contribution in [-0.4, -0.2) is 30.2 Å². The third-order valence-corrected chi connectivity index (χ3v) is 3.70. The zero-order valence-electron chi connectivity index (χ0n) is 13.5. The average Bonchev–Trinajstić information content (AvgIpc) is 2.57. The summed E-state index contributed by atoms with van der Waals surface area (Å²) in [4.78, 5) is 23.2. The standard InChI is InChI=1S/C17H16BrN3O4/c1-10(22)20-13-5-3-4-12(8-13)17(24)21-19-9-11-6-14(18)16(23)15(7-11)25-2/h3-9,23H,1-2H3,(H,20,22)(H,21,24)/b19-9-. The quantitative estimate of drug-likeness (QED) is 0.525. The maximum atomic E-state index is 12.1. The average molecular weight is 406 g/mol. The van der Waals surface area contributed by atoms with Gasteiger partial charge in [0.05, 0.1) is 17.8 Å². The number of nitrogens with zero attached hydrogens (tertiary/aromatic N) is 1. The number of hydrazone groups is 1. The molecule has 2 aromatic rings. The summed E-state index contributed by atoms with van der Waals surface area (Å²) in [6.07, 6.45) is 1.42. The molecule has 0 fully saturated rings. The minimum atomic E-state index is -0.423. The number of hydrogen-bond donors (Lipinski definition) is 3. The van der Waals surface area contributed by atoms with Crippen LogP contribution in [-0.2, 0) is 4.79 Å². The van der Waals surface area contributed by atoms with E-state index in [1.54, 1.807) is 36.4 Å². The van der Waals surface area contributed by atoms with Gasteiger partial charge >= 0.3 is 0 Å². The van der Waals surface area contributed by atoms with Crippen LogP contribution < -0.4 is 15.5 Å². The van der Waals surface area contributed by atoms with E-state index in [4.69, 9.17) is 4.74 Å². The van der Waals surface area contributed by atoms with Gasteiger partial charge in [-0.25, -0.2) is 5.43 Å². The first-order chi connectivity index (χ1) is 11.9. The molecule has 8 heteroatoms. The Morgan fingerprint density at radius 1 is 1.28 bits per heavy atom. The van der Waals surface area contributed by atoms with Crippen molar-refractivity contribution in [1.82, 2.24) is 5.43 Å². The third kappa shape index (κ3) is 5.05. The molecule has 0 saturated heterocycles. The Labute approximate surface area is 152 Å². The Kier molecular flexibility index (Phi) is 6.13. The fraction of sp³-hybridized carbons (Fsp3) is 0.118. The molecule has 0 aliphatic heterocycles. The van der Waals surface area contributed by atoms with E-state index in [0.717, 1.165) is 0 Å². The van der Waals surface area contributed by atoms with Crippen molar-refractivity contribution in [2.75, 3.05) is 12.4 Å². The van der Waals surface area contributed by atoms with E-state index < -0.39 is 5.91 Å². The third-order valence-electron chi connectivity index (χ3n) is 3.10. The number of ether oxygens (including phenoxy) is 1. The topological polar surface area (TPSA) is 100 Å². The largest absolute Gasteiger partial charge is 0.503 e. The van der Waals surface area contributed by atoms with Crippen molar-refractivity contribution < 1.29 is 19.4 Å². The fourth-order valence-electron chi connectivity index (χ4n) is 2.00. The number of rotatable bonds is 5. The first-order valence-electron chi connectivity index (χ1n) is 7.18. The number of hydrogen-bond acceptors (Lipinski definition) is 5. The van der Waals surface area contributed by atoms with Gasteiger partial charge in [0.25, 0.3) is 5.91 Å². The van der Waals surface area contributed by atoms with Gasteiger partial charge in [0.15, 0.2) is 11.5 Å². The van der Waals surface area contributed by atoms with Crippen molar-refractivity contribution in [2.45, 2.75) is 6.92 Å². The lowest BCUT2D eigenvalue weighted by Crippen LogP contribution is -2.18. The van der Waals surface area contributed by atoms with E-state index in [1.165, 1.54) is 20.2 Å². The molecule has 2 aromatic carbocycles. The molecular weight excluding hydrogens is 390 g/mol. The molecular formula is C17H16BrN3O4. The molecule has 0 spiro atoms. The Bertz CT molecular complexity index is 837. The summed E-state index contributed by atoms with van der Waals surface area (Å²) in [5.74, 6) is -0.376. The first kappa shape index (κ1) is 18.5. The van der Waals surface area contributed by atoms with E-state index in [0.29, 0.717) is 21.3 Å². The highest BCUT2D eigenvalue weighted by Crippen LogP contribution is 2.34. The van der Waals surface area contributed by atoms with E-state index in [9.17, 15) is 14.7 Å². The zero-order valence-corrected chi connectivity index (χ0v) is 15.1. The summed E-state index contributed by atoms with van der Waals surface area (Å²) in [5.41, 5.74) is 3.90. The Balaban J connectivity index is 2.08. The summed E-state index contributed by atoms with van der Waals surface area (Å²) in [6, 6.07) is 9.70. The van der Waals surface area contributed by atoms with E-state index in [1.807, 2.05) is 0 Å². The molecule has 0 aliphatic rings. The molecule has 0 radical (unpaired) electrons. The number of phenols is 1. The molecule has 0 heterocycles. The number of amides is 2. The van der Waals surface area contributed by atoms with Crippen LogP contribution >= 0.6 is 15.9 Å². The number of nitrogens with one attached hydrogen (secondary N) is 2. The molecule has 25 heavy (non-hydrogen) atoms. The van der Waals surface area contributed by atoms with E-state index >= 15 is 0 Å². The smallest absolute Gasteiger partial charge is 0.271 e. The molecule has 0 saturated carbocycles. The predicted molar refractivity (Wildman–Crippen MR) is 98.2 cm³/mol. The van der Waals surface area contributed by atoms with E-state index in [2.05, 4.69) is 31.8 Å². The van der Waals surface area contributed by atoms with Crippen LogP contribution in [0.4, 0.5) is 5.69 Å². The van der Waals surface area contributed by atoms with Gasteiger partial charge in [0.1, 0.15) is 0 Å².